The Bertz CT molecular complexity index is 997. The Morgan fingerprint density at radius 1 is 0.750 bits per heavy atom. The molecule has 148 valence electrons. The number of nitrogens with zero attached hydrogens (tertiary/aromatic N) is 4. The molecule has 7 heteroatoms. The molecule has 5 rings (SSSR count). The van der Waals surface area contributed by atoms with Crippen LogP contribution >= 0.6 is 0 Å². The van der Waals surface area contributed by atoms with Crippen LogP contribution in [0.3, 0.4) is 0 Å². The summed E-state index contributed by atoms with van der Waals surface area (Å²) < 4.78 is 27.9. The van der Waals surface area contributed by atoms with Gasteiger partial charge >= 0.3 is 0 Å². The second kappa shape index (κ2) is 7.12. The van der Waals surface area contributed by atoms with Gasteiger partial charge in [-0.3, -0.25) is 0 Å². The average molecular weight is 399 g/mol. The van der Waals surface area contributed by atoms with E-state index in [-0.39, 0.29) is 0 Å². The Morgan fingerprint density at radius 3 is 2.32 bits per heavy atom. The van der Waals surface area contributed by atoms with Gasteiger partial charge in [-0.15, -0.1) is 5.10 Å². The fraction of sp³-hybridized carbons (Fsp3) is 0.524. The van der Waals surface area contributed by atoms with Gasteiger partial charge in [0.1, 0.15) is 0 Å². The molecular weight excluding hydrogens is 372 g/mol. The van der Waals surface area contributed by atoms with Gasteiger partial charge in [-0.05, 0) is 79.8 Å². The molecule has 1 aliphatic heterocycles. The monoisotopic (exact) mass is 398 g/mol. The number of aryl methyl sites for hydroxylation is 4. The van der Waals surface area contributed by atoms with E-state index < -0.39 is 10.0 Å². The second-order valence-electron chi connectivity index (χ2n) is 8.06. The van der Waals surface area contributed by atoms with Gasteiger partial charge in [0.2, 0.25) is 10.0 Å². The molecule has 28 heavy (non-hydrogen) atoms. The molecule has 1 aromatic heterocycles. The zero-order chi connectivity index (χ0) is 19.1. The summed E-state index contributed by atoms with van der Waals surface area (Å²) in [5, 5.41) is 8.74. The third-order valence-corrected chi connectivity index (χ3v) is 8.22. The Labute approximate surface area is 166 Å². The molecule has 0 unspecified atom stereocenters. The van der Waals surface area contributed by atoms with Crippen LogP contribution < -0.4 is 4.90 Å². The summed E-state index contributed by atoms with van der Waals surface area (Å²) in [6, 6.07) is 7.85. The van der Waals surface area contributed by atoms with Crippen molar-refractivity contribution in [3.8, 4) is 0 Å². The smallest absolute Gasteiger partial charge is 0.243 e. The van der Waals surface area contributed by atoms with Crippen LogP contribution in [0.25, 0.3) is 0 Å². The maximum atomic E-state index is 13.1. The summed E-state index contributed by atoms with van der Waals surface area (Å²) in [6.07, 6.45) is 7.66. The molecule has 1 saturated heterocycles. The van der Waals surface area contributed by atoms with Gasteiger partial charge in [0.05, 0.1) is 10.6 Å². The molecule has 2 aromatic rings. The normalized spacial score (nSPS) is 20.1. The summed E-state index contributed by atoms with van der Waals surface area (Å²) in [4.78, 5) is 2.60. The first-order valence-corrected chi connectivity index (χ1v) is 11.8. The van der Waals surface area contributed by atoms with E-state index in [0.29, 0.717) is 31.1 Å². The van der Waals surface area contributed by atoms with Crippen molar-refractivity contribution in [2.24, 2.45) is 0 Å². The first-order chi connectivity index (χ1) is 13.6. The first kappa shape index (κ1) is 18.1. The predicted molar refractivity (Wildman–Crippen MR) is 108 cm³/mol. The fourth-order valence-corrected chi connectivity index (χ4v) is 6.12. The van der Waals surface area contributed by atoms with E-state index in [0.717, 1.165) is 50.0 Å². The van der Waals surface area contributed by atoms with Crippen molar-refractivity contribution in [1.29, 1.82) is 0 Å². The molecule has 0 atom stereocenters. The molecule has 0 N–H and O–H groups in total. The van der Waals surface area contributed by atoms with E-state index in [2.05, 4.69) is 21.2 Å². The minimum Gasteiger partial charge on any atom is -0.352 e. The van der Waals surface area contributed by atoms with Gasteiger partial charge in [0, 0.05) is 26.2 Å². The highest BCUT2D eigenvalue weighted by Gasteiger charge is 2.30. The summed E-state index contributed by atoms with van der Waals surface area (Å²) >= 11 is 0. The van der Waals surface area contributed by atoms with E-state index in [1.54, 1.807) is 10.4 Å². The molecule has 1 aromatic carbocycles. The molecule has 0 spiro atoms. The topological polar surface area (TPSA) is 66.4 Å². The van der Waals surface area contributed by atoms with E-state index in [1.165, 1.54) is 23.1 Å². The van der Waals surface area contributed by atoms with Gasteiger partial charge in [0.15, 0.2) is 5.82 Å². The van der Waals surface area contributed by atoms with Crippen molar-refractivity contribution < 1.29 is 8.42 Å². The molecule has 0 bridgehead atoms. The maximum absolute atomic E-state index is 13.1. The van der Waals surface area contributed by atoms with Gasteiger partial charge < -0.3 is 4.90 Å². The standard InChI is InChI=1S/C21H26N4O2S/c26-28(27,19-9-8-16-4-1-2-5-17(16)14-19)25-12-10-24(11-13-25)21-15-18-6-3-7-20(18)22-23-21/h8-9,14-15H,1-7,10-13H2. The van der Waals surface area contributed by atoms with Gasteiger partial charge in [0.25, 0.3) is 0 Å². The number of anilines is 1. The summed E-state index contributed by atoms with van der Waals surface area (Å²) in [6.45, 7) is 2.27. The minimum atomic E-state index is -3.44. The van der Waals surface area contributed by atoms with Gasteiger partial charge in [-0.1, -0.05) is 6.07 Å². The Hall–Kier alpha value is -1.99. The number of hydrogen-bond acceptors (Lipinski definition) is 5. The van der Waals surface area contributed by atoms with E-state index >= 15 is 0 Å². The Balaban J connectivity index is 1.31. The molecule has 0 saturated carbocycles. The van der Waals surface area contributed by atoms with E-state index in [1.807, 2.05) is 12.1 Å². The molecular formula is C21H26N4O2S. The molecule has 3 aliphatic rings. The zero-order valence-electron chi connectivity index (χ0n) is 16.1. The first-order valence-electron chi connectivity index (χ1n) is 10.3. The highest BCUT2D eigenvalue weighted by molar-refractivity contribution is 7.89. The largest absolute Gasteiger partial charge is 0.352 e. The third kappa shape index (κ3) is 3.20. The minimum absolute atomic E-state index is 0.443. The predicted octanol–water partition coefficient (Wildman–Crippen LogP) is 2.36. The molecule has 6 nitrogen and oxygen atoms in total. The van der Waals surface area contributed by atoms with Crippen LogP contribution in [0, 0.1) is 0 Å². The lowest BCUT2D eigenvalue weighted by molar-refractivity contribution is 0.383. The Morgan fingerprint density at radius 2 is 1.50 bits per heavy atom. The van der Waals surface area contributed by atoms with Crippen LogP contribution in [0.2, 0.25) is 0 Å². The number of aromatic nitrogens is 2. The van der Waals surface area contributed by atoms with Crippen LogP contribution in [-0.4, -0.2) is 49.1 Å². The third-order valence-electron chi connectivity index (χ3n) is 6.33. The lowest BCUT2D eigenvalue weighted by Gasteiger charge is -2.34. The quantitative estimate of drug-likeness (QED) is 0.794. The number of piperazine rings is 1. The zero-order valence-corrected chi connectivity index (χ0v) is 16.9. The van der Waals surface area contributed by atoms with Crippen LogP contribution in [-0.2, 0) is 35.7 Å². The van der Waals surface area contributed by atoms with Crippen molar-refractivity contribution in [3.05, 3.63) is 46.6 Å². The number of rotatable bonds is 3. The number of benzene rings is 1. The molecule has 2 heterocycles. The van der Waals surface area contributed by atoms with Gasteiger partial charge in [-0.25, -0.2) is 8.42 Å². The summed E-state index contributed by atoms with van der Waals surface area (Å²) in [5.74, 6) is 0.881. The summed E-state index contributed by atoms with van der Waals surface area (Å²) in [7, 11) is -3.44. The molecule has 2 aliphatic carbocycles. The fourth-order valence-electron chi connectivity index (χ4n) is 4.65. The van der Waals surface area contributed by atoms with E-state index in [4.69, 9.17) is 0 Å². The SMILES string of the molecule is O=S(=O)(c1ccc2c(c1)CCCC2)N1CCN(c2cc3c(nn2)CCC3)CC1. The number of fused-ring (bicyclic) bond motifs is 2. The molecule has 1 fully saturated rings. The lowest BCUT2D eigenvalue weighted by Crippen LogP contribution is -2.49. The average Bonchev–Trinajstić information content (AvgIpc) is 3.21. The molecule has 0 amide bonds. The van der Waals surface area contributed by atoms with Crippen LogP contribution in [0.1, 0.15) is 41.6 Å². The van der Waals surface area contributed by atoms with Crippen molar-refractivity contribution in [2.45, 2.75) is 49.8 Å². The highest BCUT2D eigenvalue weighted by Crippen LogP contribution is 2.27. The van der Waals surface area contributed by atoms with Crippen LogP contribution in [0.5, 0.6) is 0 Å². The van der Waals surface area contributed by atoms with E-state index in [9.17, 15) is 8.42 Å². The highest BCUT2D eigenvalue weighted by atomic mass is 32.2. The van der Waals surface area contributed by atoms with Gasteiger partial charge in [-0.2, -0.15) is 9.40 Å². The number of sulfonamides is 1. The van der Waals surface area contributed by atoms with Crippen molar-refractivity contribution in [1.82, 2.24) is 14.5 Å². The summed E-state index contributed by atoms with van der Waals surface area (Å²) in [5.41, 5.74) is 4.94. The lowest BCUT2D eigenvalue weighted by atomic mass is 9.92. The number of hydrogen-bond donors (Lipinski definition) is 0. The Kier molecular flexibility index (Phi) is 4.59. The second-order valence-corrected chi connectivity index (χ2v) is 9.99. The molecule has 0 radical (unpaired) electrons. The van der Waals surface area contributed by atoms with Crippen molar-refractivity contribution >= 4 is 15.8 Å². The van der Waals surface area contributed by atoms with Crippen LogP contribution in [0.4, 0.5) is 5.82 Å². The van der Waals surface area contributed by atoms with Crippen molar-refractivity contribution in [3.63, 3.8) is 0 Å². The van der Waals surface area contributed by atoms with Crippen molar-refractivity contribution in [2.75, 3.05) is 31.1 Å². The maximum Gasteiger partial charge on any atom is 0.243 e. The van der Waals surface area contributed by atoms with Crippen LogP contribution in [0.15, 0.2) is 29.2 Å².